The van der Waals surface area contributed by atoms with Gasteiger partial charge in [0.2, 0.25) is 5.91 Å². The van der Waals surface area contributed by atoms with Gasteiger partial charge in [-0.1, -0.05) is 32.9 Å². The van der Waals surface area contributed by atoms with E-state index in [9.17, 15) is 9.18 Å². The second kappa shape index (κ2) is 9.64. The number of rotatable bonds is 5. The van der Waals surface area contributed by atoms with Crippen LogP contribution >= 0.6 is 0 Å². The monoisotopic (exact) mass is 537 g/mol. The van der Waals surface area contributed by atoms with E-state index in [4.69, 9.17) is 0 Å². The average molecular weight is 538 g/mol. The molecule has 4 heterocycles. The molecule has 3 N–H and O–H groups in total. The van der Waals surface area contributed by atoms with Crippen LogP contribution in [0.15, 0.2) is 67.1 Å². The quantitative estimate of drug-likeness (QED) is 0.222. The number of nitrogens with zero attached hydrogens (tertiary/aromatic N) is 4. The smallest absolute Gasteiger partial charge is 0.224 e. The van der Waals surface area contributed by atoms with Crippen molar-refractivity contribution >= 4 is 33.7 Å². The van der Waals surface area contributed by atoms with Crippen LogP contribution in [-0.2, 0) is 4.79 Å². The molecule has 1 amide bonds. The molecule has 200 valence electrons. The summed E-state index contributed by atoms with van der Waals surface area (Å²) in [4.78, 5) is 28.7. The molecule has 0 atom stereocenters. The van der Waals surface area contributed by atoms with E-state index in [1.807, 2.05) is 20.8 Å². The Kier molecular flexibility index (Phi) is 6.10. The molecule has 0 spiro atoms. The molecule has 0 radical (unpaired) electrons. The number of anilines is 1. The van der Waals surface area contributed by atoms with Gasteiger partial charge < -0.3 is 10.3 Å². The molecule has 0 unspecified atom stereocenters. The number of carbonyl (C=O) groups is 1. The highest BCUT2D eigenvalue weighted by atomic mass is 19.1. The summed E-state index contributed by atoms with van der Waals surface area (Å²) in [7, 11) is 0. The molecular weight excluding hydrogens is 512 g/mol. The first kappa shape index (κ1) is 25.3. The molecule has 0 fully saturated rings. The van der Waals surface area contributed by atoms with Gasteiger partial charge in [0.15, 0.2) is 11.5 Å². The van der Waals surface area contributed by atoms with Gasteiger partial charge in [0.25, 0.3) is 0 Å². The van der Waals surface area contributed by atoms with Crippen LogP contribution in [0.5, 0.6) is 0 Å². The van der Waals surface area contributed by atoms with Crippen molar-refractivity contribution in [3.8, 4) is 33.8 Å². The number of pyridine rings is 2. The van der Waals surface area contributed by atoms with Crippen molar-refractivity contribution in [2.24, 2.45) is 5.41 Å². The Morgan fingerprint density at radius 3 is 2.65 bits per heavy atom. The molecule has 0 saturated heterocycles. The number of carbonyl (C=O) groups excluding carboxylic acids is 1. The highest BCUT2D eigenvalue weighted by Gasteiger charge is 2.21. The Hall–Kier alpha value is -4.99. The fraction of sp³-hybridized carbons (Fsp3) is 0.167. The fourth-order valence-electron chi connectivity index (χ4n) is 4.73. The minimum absolute atomic E-state index is 0.143. The van der Waals surface area contributed by atoms with Crippen molar-refractivity contribution < 1.29 is 13.6 Å². The fourth-order valence-corrected chi connectivity index (χ4v) is 4.73. The first-order valence-electron chi connectivity index (χ1n) is 12.7. The van der Waals surface area contributed by atoms with Crippen LogP contribution in [0.4, 0.5) is 14.5 Å². The Morgan fingerprint density at radius 1 is 1.00 bits per heavy atom. The van der Waals surface area contributed by atoms with E-state index >= 15 is 4.39 Å². The zero-order valence-electron chi connectivity index (χ0n) is 22.0. The van der Waals surface area contributed by atoms with E-state index in [1.54, 1.807) is 48.8 Å². The van der Waals surface area contributed by atoms with E-state index in [0.717, 1.165) is 0 Å². The third kappa shape index (κ3) is 4.79. The van der Waals surface area contributed by atoms with Crippen LogP contribution < -0.4 is 5.32 Å². The summed E-state index contributed by atoms with van der Waals surface area (Å²) in [6.07, 6.45) is 5.00. The molecular formula is C30H25F2N7O. The summed E-state index contributed by atoms with van der Waals surface area (Å²) in [6, 6.07) is 13.1. The third-order valence-corrected chi connectivity index (χ3v) is 6.44. The molecule has 6 rings (SSSR count). The molecule has 6 aromatic rings. The van der Waals surface area contributed by atoms with E-state index in [0.29, 0.717) is 56.9 Å². The van der Waals surface area contributed by atoms with Crippen LogP contribution in [0.3, 0.4) is 0 Å². The summed E-state index contributed by atoms with van der Waals surface area (Å²) < 4.78 is 30.0. The Morgan fingerprint density at radius 2 is 1.85 bits per heavy atom. The number of H-pyrrole nitrogens is 2. The van der Waals surface area contributed by atoms with E-state index in [-0.39, 0.29) is 28.2 Å². The molecule has 2 aromatic carbocycles. The maximum Gasteiger partial charge on any atom is 0.224 e. The second-order valence-corrected chi connectivity index (χ2v) is 10.8. The molecule has 0 bridgehead atoms. The summed E-state index contributed by atoms with van der Waals surface area (Å²) in [6.45, 7) is 5.94. The number of aromatic nitrogens is 6. The highest BCUT2D eigenvalue weighted by molar-refractivity contribution is 5.98. The van der Waals surface area contributed by atoms with Crippen molar-refractivity contribution in [3.63, 3.8) is 0 Å². The van der Waals surface area contributed by atoms with Gasteiger partial charge in [-0.05, 0) is 47.4 Å². The number of fused-ring (bicyclic) bond motifs is 2. The van der Waals surface area contributed by atoms with Gasteiger partial charge >= 0.3 is 0 Å². The summed E-state index contributed by atoms with van der Waals surface area (Å²) in [5, 5.41) is 10.3. The number of hydrogen-bond acceptors (Lipinski definition) is 5. The van der Waals surface area contributed by atoms with Gasteiger partial charge in [-0.3, -0.25) is 14.9 Å². The molecule has 4 aromatic heterocycles. The maximum atomic E-state index is 16.1. The largest absolute Gasteiger partial charge is 0.335 e. The molecule has 8 nitrogen and oxygen atoms in total. The molecule has 40 heavy (non-hydrogen) atoms. The number of amides is 1. The minimum Gasteiger partial charge on any atom is -0.335 e. The predicted octanol–water partition coefficient (Wildman–Crippen LogP) is 6.88. The highest BCUT2D eigenvalue weighted by Crippen LogP contribution is 2.35. The Bertz CT molecular complexity index is 1900. The third-order valence-electron chi connectivity index (χ3n) is 6.44. The Labute approximate surface area is 227 Å². The second-order valence-electron chi connectivity index (χ2n) is 10.8. The van der Waals surface area contributed by atoms with Crippen molar-refractivity contribution in [1.82, 2.24) is 30.1 Å². The number of nitrogens with one attached hydrogen (secondary N) is 3. The van der Waals surface area contributed by atoms with Crippen LogP contribution in [0.2, 0.25) is 0 Å². The number of aromatic amines is 2. The van der Waals surface area contributed by atoms with E-state index in [1.165, 1.54) is 18.3 Å². The van der Waals surface area contributed by atoms with E-state index in [2.05, 4.69) is 35.5 Å². The lowest BCUT2D eigenvalue weighted by atomic mass is 9.92. The summed E-state index contributed by atoms with van der Waals surface area (Å²) in [5.74, 6) is -0.701. The van der Waals surface area contributed by atoms with Gasteiger partial charge in [0, 0.05) is 35.5 Å². The van der Waals surface area contributed by atoms with Crippen molar-refractivity contribution in [1.29, 1.82) is 0 Å². The van der Waals surface area contributed by atoms with Crippen molar-refractivity contribution in [3.05, 3.63) is 78.8 Å². The zero-order chi connectivity index (χ0) is 28.0. The van der Waals surface area contributed by atoms with Gasteiger partial charge in [-0.15, -0.1) is 0 Å². The molecule has 0 aliphatic carbocycles. The first-order chi connectivity index (χ1) is 19.2. The van der Waals surface area contributed by atoms with Gasteiger partial charge in [0.05, 0.1) is 28.3 Å². The number of hydrogen-bond donors (Lipinski definition) is 3. The van der Waals surface area contributed by atoms with Crippen LogP contribution in [0.1, 0.15) is 27.2 Å². The topological polar surface area (TPSA) is 112 Å². The zero-order valence-corrected chi connectivity index (χ0v) is 22.0. The lowest BCUT2D eigenvalue weighted by molar-refractivity contribution is -0.117. The lowest BCUT2D eigenvalue weighted by Crippen LogP contribution is -2.19. The number of halogens is 2. The predicted molar refractivity (Wildman–Crippen MR) is 150 cm³/mol. The van der Waals surface area contributed by atoms with Crippen molar-refractivity contribution in [2.45, 2.75) is 27.2 Å². The minimum atomic E-state index is -0.514. The maximum absolute atomic E-state index is 16.1. The summed E-state index contributed by atoms with van der Waals surface area (Å²) >= 11 is 0. The van der Waals surface area contributed by atoms with Gasteiger partial charge in [0.1, 0.15) is 17.3 Å². The number of imidazole rings is 1. The van der Waals surface area contributed by atoms with Crippen molar-refractivity contribution in [2.75, 3.05) is 5.32 Å². The summed E-state index contributed by atoms with van der Waals surface area (Å²) in [5.41, 5.74) is 4.21. The van der Waals surface area contributed by atoms with Gasteiger partial charge in [-0.25, -0.2) is 18.7 Å². The van der Waals surface area contributed by atoms with Gasteiger partial charge in [-0.2, -0.15) is 5.10 Å². The first-order valence-corrected chi connectivity index (χ1v) is 12.7. The van der Waals surface area contributed by atoms with Crippen LogP contribution in [0.25, 0.3) is 55.8 Å². The lowest BCUT2D eigenvalue weighted by Gasteiger charge is -2.17. The SMILES string of the molecule is CC(C)(C)CC(=O)Nc1cncc(-c2ccc3[nH]nc(-c4nc5nccc(-c6cccc(F)c6)c5[nH]4)c3c2F)c1. The normalized spacial score (nSPS) is 11.8. The van der Waals surface area contributed by atoms with E-state index < -0.39 is 5.82 Å². The van der Waals surface area contributed by atoms with Crippen LogP contribution in [-0.4, -0.2) is 36.0 Å². The average Bonchev–Trinajstić information content (AvgIpc) is 3.52. The molecule has 0 saturated carbocycles. The number of benzene rings is 2. The molecule has 0 aliphatic rings. The van der Waals surface area contributed by atoms with Crippen LogP contribution in [0, 0.1) is 17.0 Å². The standard InChI is InChI=1S/C30H25F2N7O/c1-30(2,3)13-23(40)35-19-12-17(14-33-15-19)20-7-8-22-24(25(20)32)27(39-38-22)29-36-26-21(9-10-34-28(26)37-29)16-5-4-6-18(31)11-16/h4-12,14-15H,13H2,1-3H3,(H,35,40)(H,38,39)(H,34,36,37). The molecule has 10 heteroatoms. The Balaban J connectivity index is 1.40. The molecule has 0 aliphatic heterocycles.